The fourth-order valence-corrected chi connectivity index (χ4v) is 4.15. The minimum atomic E-state index is -0.438. The molecule has 0 amide bonds. The first-order valence-electron chi connectivity index (χ1n) is 9.93. The van der Waals surface area contributed by atoms with Crippen LogP contribution < -0.4 is 9.47 Å². The molecule has 1 aliphatic rings. The first-order valence-corrected chi connectivity index (χ1v) is 9.93. The van der Waals surface area contributed by atoms with Crippen molar-refractivity contribution in [1.29, 1.82) is 0 Å². The number of carbonyl (C=O) groups is 2. The van der Waals surface area contributed by atoms with Crippen LogP contribution in [-0.4, -0.2) is 11.9 Å². The van der Waals surface area contributed by atoms with Gasteiger partial charge < -0.3 is 9.47 Å². The van der Waals surface area contributed by atoms with Crippen LogP contribution in [0.2, 0.25) is 0 Å². The Morgan fingerprint density at radius 1 is 0.750 bits per heavy atom. The van der Waals surface area contributed by atoms with E-state index in [9.17, 15) is 9.59 Å². The number of aryl methyl sites for hydroxylation is 2. The smallest absolute Gasteiger partial charge is 0.308 e. The van der Waals surface area contributed by atoms with Gasteiger partial charge in [0.1, 0.15) is 0 Å². The van der Waals surface area contributed by atoms with Gasteiger partial charge in [-0.15, -0.1) is 0 Å². The second-order valence-corrected chi connectivity index (χ2v) is 7.73. The van der Waals surface area contributed by atoms with Gasteiger partial charge in [0.2, 0.25) is 0 Å². The van der Waals surface area contributed by atoms with E-state index >= 15 is 0 Å². The molecule has 0 spiro atoms. The Bertz CT molecular complexity index is 884. The number of rotatable bonds is 4. The zero-order chi connectivity index (χ0) is 20.3. The molecule has 28 heavy (non-hydrogen) atoms. The number of hydrogen-bond donors (Lipinski definition) is 0. The molecule has 0 aliphatic heterocycles. The van der Waals surface area contributed by atoms with E-state index < -0.39 is 11.9 Å². The van der Waals surface area contributed by atoms with Gasteiger partial charge in [-0.25, -0.2) is 0 Å². The SMILES string of the molecule is CC(=O)Oc1ccc(C2CCCCC2c2ccc(C)c(C)c2)cc1OC(C)=O. The predicted molar refractivity (Wildman–Crippen MR) is 109 cm³/mol. The van der Waals surface area contributed by atoms with Crippen LogP contribution in [0.3, 0.4) is 0 Å². The summed E-state index contributed by atoms with van der Waals surface area (Å²) in [6.45, 7) is 6.98. The normalized spacial score (nSPS) is 19.1. The van der Waals surface area contributed by atoms with Crippen molar-refractivity contribution < 1.29 is 19.1 Å². The van der Waals surface area contributed by atoms with Crippen molar-refractivity contribution in [2.24, 2.45) is 0 Å². The van der Waals surface area contributed by atoms with Crippen LogP contribution in [0.15, 0.2) is 36.4 Å². The molecule has 0 bridgehead atoms. The Balaban J connectivity index is 1.97. The summed E-state index contributed by atoms with van der Waals surface area (Å²) in [7, 11) is 0. The van der Waals surface area contributed by atoms with Gasteiger partial charge in [-0.1, -0.05) is 37.1 Å². The molecule has 1 fully saturated rings. The Morgan fingerprint density at radius 2 is 1.29 bits per heavy atom. The second kappa shape index (κ2) is 8.59. The van der Waals surface area contributed by atoms with Gasteiger partial charge in [-0.05, 0) is 72.9 Å². The largest absolute Gasteiger partial charge is 0.423 e. The lowest BCUT2D eigenvalue weighted by Gasteiger charge is -2.33. The first-order chi connectivity index (χ1) is 13.3. The summed E-state index contributed by atoms with van der Waals surface area (Å²) in [5, 5.41) is 0. The Morgan fingerprint density at radius 3 is 1.86 bits per heavy atom. The third-order valence-electron chi connectivity index (χ3n) is 5.63. The minimum Gasteiger partial charge on any atom is -0.423 e. The summed E-state index contributed by atoms with van der Waals surface area (Å²) in [4.78, 5) is 22.9. The van der Waals surface area contributed by atoms with Crippen molar-refractivity contribution in [1.82, 2.24) is 0 Å². The molecule has 2 atom stereocenters. The zero-order valence-corrected chi connectivity index (χ0v) is 17.1. The topological polar surface area (TPSA) is 52.6 Å². The predicted octanol–water partition coefficient (Wildman–Crippen LogP) is 5.60. The van der Waals surface area contributed by atoms with Crippen LogP contribution in [0.1, 0.15) is 73.6 Å². The van der Waals surface area contributed by atoms with Crippen molar-refractivity contribution in [3.05, 3.63) is 58.7 Å². The molecule has 2 aromatic rings. The van der Waals surface area contributed by atoms with Gasteiger partial charge in [-0.3, -0.25) is 9.59 Å². The second-order valence-electron chi connectivity index (χ2n) is 7.73. The molecule has 3 rings (SSSR count). The molecule has 4 nitrogen and oxygen atoms in total. The van der Waals surface area contributed by atoms with E-state index in [1.165, 1.54) is 43.4 Å². The average Bonchev–Trinajstić information content (AvgIpc) is 2.64. The number of benzene rings is 2. The van der Waals surface area contributed by atoms with Gasteiger partial charge in [0.25, 0.3) is 0 Å². The van der Waals surface area contributed by atoms with E-state index in [4.69, 9.17) is 9.47 Å². The van der Waals surface area contributed by atoms with Gasteiger partial charge in [-0.2, -0.15) is 0 Å². The molecule has 0 aromatic heterocycles. The summed E-state index contributed by atoms with van der Waals surface area (Å²) >= 11 is 0. The van der Waals surface area contributed by atoms with E-state index in [-0.39, 0.29) is 5.75 Å². The Kier molecular flexibility index (Phi) is 6.18. The molecule has 0 heterocycles. The quantitative estimate of drug-likeness (QED) is 0.512. The van der Waals surface area contributed by atoms with Crippen molar-refractivity contribution in [2.45, 2.75) is 65.2 Å². The lowest BCUT2D eigenvalue weighted by molar-refractivity contribution is -0.134. The molecular formula is C24H28O4. The Hall–Kier alpha value is -2.62. The number of esters is 2. The summed E-state index contributed by atoms with van der Waals surface area (Å²) in [5.41, 5.74) is 5.10. The lowest BCUT2D eigenvalue weighted by atomic mass is 9.72. The summed E-state index contributed by atoms with van der Waals surface area (Å²) in [5.74, 6) is 0.496. The zero-order valence-electron chi connectivity index (χ0n) is 17.1. The fraction of sp³-hybridized carbons (Fsp3) is 0.417. The van der Waals surface area contributed by atoms with Crippen molar-refractivity contribution in [2.75, 3.05) is 0 Å². The molecule has 2 unspecified atom stereocenters. The van der Waals surface area contributed by atoms with Crippen LogP contribution in [0.4, 0.5) is 0 Å². The summed E-state index contributed by atoms with van der Waals surface area (Å²) < 4.78 is 10.6. The molecule has 0 radical (unpaired) electrons. The first kappa shape index (κ1) is 20.1. The molecule has 0 N–H and O–H groups in total. The van der Waals surface area contributed by atoms with Crippen molar-refractivity contribution in [3.63, 3.8) is 0 Å². The summed E-state index contributed by atoms with van der Waals surface area (Å²) in [6.07, 6.45) is 4.63. The maximum absolute atomic E-state index is 11.5. The minimum absolute atomic E-state index is 0.282. The van der Waals surface area contributed by atoms with Crippen molar-refractivity contribution >= 4 is 11.9 Å². The molecule has 4 heteroatoms. The standard InChI is InChI=1S/C24H28O4/c1-15-9-10-19(13-16(15)2)21-7-5-6-8-22(21)20-11-12-23(27-17(3)25)24(14-20)28-18(4)26/h9-14,21-22H,5-8H2,1-4H3. The highest BCUT2D eigenvalue weighted by atomic mass is 16.6. The van der Waals surface area contributed by atoms with E-state index in [0.717, 1.165) is 18.4 Å². The third kappa shape index (κ3) is 4.61. The maximum atomic E-state index is 11.5. The van der Waals surface area contributed by atoms with Crippen LogP contribution in [-0.2, 0) is 9.59 Å². The molecular weight excluding hydrogens is 352 g/mol. The lowest BCUT2D eigenvalue weighted by Crippen LogP contribution is -2.17. The average molecular weight is 380 g/mol. The van der Waals surface area contributed by atoms with Crippen LogP contribution in [0.5, 0.6) is 11.5 Å². The molecule has 148 valence electrons. The fourth-order valence-electron chi connectivity index (χ4n) is 4.15. The number of hydrogen-bond acceptors (Lipinski definition) is 4. The summed E-state index contributed by atoms with van der Waals surface area (Å²) in [6, 6.07) is 12.3. The third-order valence-corrected chi connectivity index (χ3v) is 5.63. The van der Waals surface area contributed by atoms with Crippen molar-refractivity contribution in [3.8, 4) is 11.5 Å². The van der Waals surface area contributed by atoms with Gasteiger partial charge in [0, 0.05) is 13.8 Å². The highest BCUT2D eigenvalue weighted by molar-refractivity contribution is 5.73. The monoisotopic (exact) mass is 380 g/mol. The highest BCUT2D eigenvalue weighted by Gasteiger charge is 2.29. The van der Waals surface area contributed by atoms with Crippen LogP contribution >= 0.6 is 0 Å². The Labute approximate surface area is 166 Å². The molecule has 1 saturated carbocycles. The van der Waals surface area contributed by atoms with E-state index in [2.05, 4.69) is 32.0 Å². The van der Waals surface area contributed by atoms with E-state index in [1.807, 2.05) is 12.1 Å². The molecule has 0 saturated heterocycles. The van der Waals surface area contributed by atoms with Gasteiger partial charge >= 0.3 is 11.9 Å². The van der Waals surface area contributed by atoms with Gasteiger partial charge in [0.05, 0.1) is 0 Å². The van der Waals surface area contributed by atoms with Crippen LogP contribution in [0, 0.1) is 13.8 Å². The highest BCUT2D eigenvalue weighted by Crippen LogP contribution is 2.46. The number of carbonyl (C=O) groups excluding carboxylic acids is 2. The van der Waals surface area contributed by atoms with Gasteiger partial charge in [0.15, 0.2) is 11.5 Å². The van der Waals surface area contributed by atoms with E-state index in [1.54, 1.807) is 6.07 Å². The maximum Gasteiger partial charge on any atom is 0.308 e. The molecule has 2 aromatic carbocycles. The van der Waals surface area contributed by atoms with Crippen LogP contribution in [0.25, 0.3) is 0 Å². The van der Waals surface area contributed by atoms with E-state index in [0.29, 0.717) is 17.6 Å². The number of ether oxygens (including phenoxy) is 2. The molecule has 1 aliphatic carbocycles.